The first-order valence-corrected chi connectivity index (χ1v) is 6.62. The lowest BCUT2D eigenvalue weighted by molar-refractivity contribution is -0.130. The molecule has 2 N–H and O–H groups in total. The third-order valence-electron chi connectivity index (χ3n) is 3.60. The maximum atomic E-state index is 11.9. The molecule has 1 atom stereocenters. The highest BCUT2D eigenvalue weighted by atomic mass is 16.5. The number of hydrogen-bond acceptors (Lipinski definition) is 4. The van der Waals surface area contributed by atoms with Gasteiger partial charge in [0, 0.05) is 31.1 Å². The summed E-state index contributed by atoms with van der Waals surface area (Å²) in [5.41, 5.74) is 0.519. The zero-order valence-corrected chi connectivity index (χ0v) is 11.1. The lowest BCUT2D eigenvalue weighted by atomic mass is 9.92. The molecule has 0 aliphatic heterocycles. The molecule has 1 aromatic rings. The van der Waals surface area contributed by atoms with E-state index in [-0.39, 0.29) is 11.9 Å². The average molecular weight is 264 g/mol. The Balaban J connectivity index is 1.85. The van der Waals surface area contributed by atoms with Crippen LogP contribution in [0.5, 0.6) is 0 Å². The predicted octanol–water partition coefficient (Wildman–Crippen LogP) is 1.19. The van der Waals surface area contributed by atoms with E-state index in [1.165, 1.54) is 6.20 Å². The van der Waals surface area contributed by atoms with E-state index in [0.29, 0.717) is 11.7 Å². The second kappa shape index (κ2) is 6.63. The van der Waals surface area contributed by atoms with E-state index in [1.807, 2.05) is 0 Å². The molecular weight excluding hydrogens is 244 g/mol. The van der Waals surface area contributed by atoms with Crippen LogP contribution in [0.2, 0.25) is 0 Å². The highest BCUT2D eigenvalue weighted by Crippen LogP contribution is 2.21. The molecule has 1 amide bonds. The highest BCUT2D eigenvalue weighted by molar-refractivity contribution is 5.82. The van der Waals surface area contributed by atoms with Crippen LogP contribution in [0.25, 0.3) is 0 Å². The molecule has 1 fully saturated rings. The number of aliphatic hydroxyl groups is 1. The number of carbonyl (C=O) groups is 1. The van der Waals surface area contributed by atoms with Crippen LogP contribution in [0.4, 0.5) is 0 Å². The number of nitrogens with one attached hydrogen (secondary N) is 1. The topological polar surface area (TPSA) is 71.5 Å². The quantitative estimate of drug-likeness (QED) is 0.857. The number of rotatable bonds is 4. The van der Waals surface area contributed by atoms with Crippen molar-refractivity contribution in [3.8, 4) is 0 Å². The molecule has 1 saturated carbocycles. The van der Waals surface area contributed by atoms with E-state index < -0.39 is 6.10 Å². The van der Waals surface area contributed by atoms with Gasteiger partial charge < -0.3 is 15.2 Å². The van der Waals surface area contributed by atoms with Gasteiger partial charge in [0.15, 0.2) is 6.10 Å². The lowest BCUT2D eigenvalue weighted by Crippen LogP contribution is -2.41. The second-order valence-corrected chi connectivity index (χ2v) is 4.91. The van der Waals surface area contributed by atoms with Crippen molar-refractivity contribution in [1.29, 1.82) is 0 Å². The number of amides is 1. The molecule has 104 valence electrons. The minimum absolute atomic E-state index is 0.130. The SMILES string of the molecule is COC1CCC(NC(=O)C(O)c2cccnc2)CC1. The van der Waals surface area contributed by atoms with Gasteiger partial charge in [-0.25, -0.2) is 0 Å². The fourth-order valence-electron chi connectivity index (χ4n) is 2.41. The van der Waals surface area contributed by atoms with Crippen molar-refractivity contribution in [1.82, 2.24) is 10.3 Å². The molecule has 1 aliphatic rings. The van der Waals surface area contributed by atoms with Crippen LogP contribution in [0.3, 0.4) is 0 Å². The number of hydrogen-bond donors (Lipinski definition) is 2. The van der Waals surface area contributed by atoms with Gasteiger partial charge in [-0.15, -0.1) is 0 Å². The second-order valence-electron chi connectivity index (χ2n) is 4.91. The summed E-state index contributed by atoms with van der Waals surface area (Å²) >= 11 is 0. The lowest BCUT2D eigenvalue weighted by Gasteiger charge is -2.28. The molecule has 0 radical (unpaired) electrons. The molecule has 2 rings (SSSR count). The molecule has 0 bridgehead atoms. The van der Waals surface area contributed by atoms with Gasteiger partial charge in [0.25, 0.3) is 5.91 Å². The summed E-state index contributed by atoms with van der Waals surface area (Å²) in [6.07, 6.45) is 5.96. The van der Waals surface area contributed by atoms with Gasteiger partial charge in [-0.05, 0) is 31.7 Å². The number of ether oxygens (including phenoxy) is 1. The molecule has 0 aromatic carbocycles. The normalized spacial score (nSPS) is 24.7. The number of methoxy groups -OCH3 is 1. The van der Waals surface area contributed by atoms with E-state index in [2.05, 4.69) is 10.3 Å². The molecule has 0 spiro atoms. The van der Waals surface area contributed by atoms with Gasteiger partial charge in [-0.1, -0.05) is 6.07 Å². The first-order chi connectivity index (χ1) is 9.20. The van der Waals surface area contributed by atoms with Gasteiger partial charge in [0.05, 0.1) is 6.10 Å². The molecule has 1 aromatic heterocycles. The molecule has 1 heterocycles. The molecular formula is C14H20N2O3. The predicted molar refractivity (Wildman–Crippen MR) is 70.4 cm³/mol. The van der Waals surface area contributed by atoms with E-state index in [4.69, 9.17) is 4.74 Å². The summed E-state index contributed by atoms with van der Waals surface area (Å²) in [5.74, 6) is -0.353. The maximum absolute atomic E-state index is 11.9. The molecule has 19 heavy (non-hydrogen) atoms. The zero-order chi connectivity index (χ0) is 13.7. The number of aromatic nitrogens is 1. The van der Waals surface area contributed by atoms with Gasteiger partial charge in [0.1, 0.15) is 0 Å². The van der Waals surface area contributed by atoms with Crippen LogP contribution in [0, 0.1) is 0 Å². The minimum atomic E-state index is -1.14. The van der Waals surface area contributed by atoms with Crippen molar-refractivity contribution in [2.45, 2.75) is 43.9 Å². The minimum Gasteiger partial charge on any atom is -0.381 e. The molecule has 1 aliphatic carbocycles. The fourth-order valence-corrected chi connectivity index (χ4v) is 2.41. The van der Waals surface area contributed by atoms with Gasteiger partial charge in [-0.2, -0.15) is 0 Å². The molecule has 0 saturated heterocycles. The van der Waals surface area contributed by atoms with E-state index in [1.54, 1.807) is 25.4 Å². The monoisotopic (exact) mass is 264 g/mol. The van der Waals surface area contributed by atoms with Crippen molar-refractivity contribution < 1.29 is 14.6 Å². The summed E-state index contributed by atoms with van der Waals surface area (Å²) in [6, 6.07) is 3.53. The standard InChI is InChI=1S/C14H20N2O3/c1-19-12-6-4-11(5-7-12)16-14(18)13(17)10-3-2-8-15-9-10/h2-3,8-9,11-13,17H,4-7H2,1H3,(H,16,18). The third-order valence-corrected chi connectivity index (χ3v) is 3.60. The summed E-state index contributed by atoms with van der Waals surface area (Å²) < 4.78 is 5.29. The van der Waals surface area contributed by atoms with Gasteiger partial charge >= 0.3 is 0 Å². The number of pyridine rings is 1. The largest absolute Gasteiger partial charge is 0.381 e. The Labute approximate surface area is 113 Å². The van der Waals surface area contributed by atoms with Gasteiger partial charge in [-0.3, -0.25) is 9.78 Å². The van der Waals surface area contributed by atoms with Crippen LogP contribution in [0.1, 0.15) is 37.4 Å². The first-order valence-electron chi connectivity index (χ1n) is 6.62. The summed E-state index contributed by atoms with van der Waals surface area (Å²) in [7, 11) is 1.72. The van der Waals surface area contributed by atoms with E-state index >= 15 is 0 Å². The Bertz CT molecular complexity index is 402. The van der Waals surface area contributed by atoms with Crippen molar-refractivity contribution in [2.75, 3.05) is 7.11 Å². The average Bonchev–Trinajstić information content (AvgIpc) is 2.48. The smallest absolute Gasteiger partial charge is 0.253 e. The Morgan fingerprint density at radius 2 is 2.21 bits per heavy atom. The summed E-state index contributed by atoms with van der Waals surface area (Å²) in [5, 5.41) is 12.8. The number of nitrogens with zero attached hydrogens (tertiary/aromatic N) is 1. The summed E-state index contributed by atoms with van der Waals surface area (Å²) in [6.45, 7) is 0. The Morgan fingerprint density at radius 1 is 1.47 bits per heavy atom. The number of carbonyl (C=O) groups excluding carboxylic acids is 1. The Kier molecular flexibility index (Phi) is 4.87. The Hall–Kier alpha value is -1.46. The zero-order valence-electron chi connectivity index (χ0n) is 11.1. The van der Waals surface area contributed by atoms with E-state index in [0.717, 1.165) is 25.7 Å². The van der Waals surface area contributed by atoms with Crippen LogP contribution in [-0.2, 0) is 9.53 Å². The third kappa shape index (κ3) is 3.75. The molecule has 5 nitrogen and oxygen atoms in total. The maximum Gasteiger partial charge on any atom is 0.253 e. The van der Waals surface area contributed by atoms with Crippen LogP contribution in [-0.4, -0.2) is 35.3 Å². The van der Waals surface area contributed by atoms with Crippen molar-refractivity contribution in [3.05, 3.63) is 30.1 Å². The van der Waals surface area contributed by atoms with Gasteiger partial charge in [0.2, 0.25) is 0 Å². The molecule has 5 heteroatoms. The van der Waals surface area contributed by atoms with Crippen LogP contribution >= 0.6 is 0 Å². The van der Waals surface area contributed by atoms with E-state index in [9.17, 15) is 9.90 Å². The number of aliphatic hydroxyl groups excluding tert-OH is 1. The van der Waals surface area contributed by atoms with Crippen molar-refractivity contribution in [2.24, 2.45) is 0 Å². The Morgan fingerprint density at radius 3 is 2.79 bits per heavy atom. The summed E-state index contributed by atoms with van der Waals surface area (Å²) in [4.78, 5) is 15.8. The highest BCUT2D eigenvalue weighted by Gasteiger charge is 2.25. The first kappa shape index (κ1) is 14.0. The van der Waals surface area contributed by atoms with Crippen LogP contribution in [0.15, 0.2) is 24.5 Å². The van der Waals surface area contributed by atoms with Crippen molar-refractivity contribution >= 4 is 5.91 Å². The fraction of sp³-hybridized carbons (Fsp3) is 0.571. The van der Waals surface area contributed by atoms with Crippen LogP contribution < -0.4 is 5.32 Å². The molecule has 1 unspecified atom stereocenters. The van der Waals surface area contributed by atoms with Crippen molar-refractivity contribution in [3.63, 3.8) is 0 Å².